The molecule has 0 bridgehead atoms. The number of aliphatic hydroxyl groups is 2. The standard InChI is InChI=1S/C29H37FN4O4/c1-28(2,3)19-15-33(16-19)14-17-8-9-18(21(30)12-17)13-31-22-7-5-6-20-25(22)27(37)34(29(20,4)38)23-10-11-24(35)32-26(23)36/h5-9,12,19,23,27,31,37-38H,10-11,13-16H2,1-4H3,(H,32,35,36)/t23?,27?,29-/m1/s1. The van der Waals surface area contributed by atoms with Gasteiger partial charge in [-0.1, -0.05) is 45.0 Å². The number of nitrogens with zero attached hydrogens (tertiary/aromatic N) is 2. The van der Waals surface area contributed by atoms with E-state index in [4.69, 9.17) is 0 Å². The van der Waals surface area contributed by atoms with Crippen LogP contribution in [0.5, 0.6) is 0 Å². The van der Waals surface area contributed by atoms with Crippen molar-refractivity contribution in [2.75, 3.05) is 18.4 Å². The molecule has 3 heterocycles. The van der Waals surface area contributed by atoms with Crippen molar-refractivity contribution in [1.82, 2.24) is 15.1 Å². The summed E-state index contributed by atoms with van der Waals surface area (Å²) in [7, 11) is 0. The van der Waals surface area contributed by atoms with Gasteiger partial charge in [0.05, 0.1) is 6.04 Å². The van der Waals surface area contributed by atoms with Crippen molar-refractivity contribution in [3.05, 3.63) is 64.5 Å². The third-order valence-electron chi connectivity index (χ3n) is 8.36. The molecule has 0 spiro atoms. The number of piperidine rings is 1. The third-order valence-corrected chi connectivity index (χ3v) is 8.36. The van der Waals surface area contributed by atoms with Crippen LogP contribution in [0.1, 0.15) is 69.0 Å². The summed E-state index contributed by atoms with van der Waals surface area (Å²) < 4.78 is 15.0. The normalized spacial score (nSPS) is 26.7. The fourth-order valence-corrected chi connectivity index (χ4v) is 5.88. The van der Waals surface area contributed by atoms with Gasteiger partial charge in [-0.3, -0.25) is 19.8 Å². The topological polar surface area (TPSA) is 105 Å². The van der Waals surface area contributed by atoms with E-state index in [0.29, 0.717) is 28.3 Å². The number of likely N-dealkylation sites (tertiary alicyclic amines) is 1. The zero-order valence-electron chi connectivity index (χ0n) is 22.4. The van der Waals surface area contributed by atoms with Crippen molar-refractivity contribution in [2.45, 2.75) is 71.6 Å². The molecule has 2 unspecified atom stereocenters. The van der Waals surface area contributed by atoms with Crippen molar-refractivity contribution in [2.24, 2.45) is 11.3 Å². The lowest BCUT2D eigenvalue weighted by Crippen LogP contribution is -2.57. The Labute approximate surface area is 222 Å². The number of halogens is 1. The Kier molecular flexibility index (Phi) is 6.84. The number of hydrogen-bond acceptors (Lipinski definition) is 7. The van der Waals surface area contributed by atoms with Crippen LogP contribution in [0, 0.1) is 17.2 Å². The van der Waals surface area contributed by atoms with Crippen LogP contribution < -0.4 is 10.6 Å². The molecule has 2 fully saturated rings. The van der Waals surface area contributed by atoms with E-state index in [1.165, 1.54) is 11.8 Å². The summed E-state index contributed by atoms with van der Waals surface area (Å²) in [5.74, 6) is -0.553. The molecule has 4 N–H and O–H groups in total. The van der Waals surface area contributed by atoms with Gasteiger partial charge in [0.25, 0.3) is 0 Å². The highest BCUT2D eigenvalue weighted by molar-refractivity contribution is 6.00. The van der Waals surface area contributed by atoms with E-state index in [1.807, 2.05) is 6.07 Å². The minimum Gasteiger partial charge on any atom is -0.381 e. The third kappa shape index (κ3) is 4.84. The molecule has 0 aliphatic carbocycles. The number of hydrogen-bond donors (Lipinski definition) is 4. The van der Waals surface area contributed by atoms with Crippen LogP contribution in [0.3, 0.4) is 0 Å². The monoisotopic (exact) mass is 524 g/mol. The molecule has 3 aliphatic heterocycles. The highest BCUT2D eigenvalue weighted by atomic mass is 19.1. The molecule has 2 aromatic carbocycles. The molecular weight excluding hydrogens is 487 g/mol. The van der Waals surface area contributed by atoms with E-state index in [-0.39, 0.29) is 36.5 Å². The largest absolute Gasteiger partial charge is 0.381 e. The highest BCUT2D eigenvalue weighted by Gasteiger charge is 2.52. The SMILES string of the molecule is CC(C)(C)C1CN(Cc2ccc(CNc3cccc4c3C(O)N(C3CCC(=O)NC3=O)[C@]4(C)O)c(F)c2)C1. The van der Waals surface area contributed by atoms with E-state index in [1.54, 1.807) is 30.3 Å². The molecule has 8 nitrogen and oxygen atoms in total. The fourth-order valence-electron chi connectivity index (χ4n) is 5.88. The first kappa shape index (κ1) is 26.7. The second kappa shape index (κ2) is 9.72. The number of benzene rings is 2. The van der Waals surface area contributed by atoms with Crippen molar-refractivity contribution >= 4 is 17.5 Å². The first-order valence-electron chi connectivity index (χ1n) is 13.3. The zero-order chi connectivity index (χ0) is 27.4. The summed E-state index contributed by atoms with van der Waals surface area (Å²) in [4.78, 5) is 27.8. The number of nitrogens with one attached hydrogen (secondary N) is 2. The molecule has 0 radical (unpaired) electrons. The smallest absolute Gasteiger partial charge is 0.244 e. The van der Waals surface area contributed by atoms with Crippen LogP contribution in [0.2, 0.25) is 0 Å². The number of carbonyl (C=O) groups excluding carboxylic acids is 2. The summed E-state index contributed by atoms with van der Waals surface area (Å²) >= 11 is 0. The van der Waals surface area contributed by atoms with E-state index in [2.05, 4.69) is 36.3 Å². The molecule has 3 aliphatic rings. The Morgan fingerprint density at radius 2 is 1.92 bits per heavy atom. The van der Waals surface area contributed by atoms with Crippen LogP contribution in [0.25, 0.3) is 0 Å². The number of imide groups is 1. The van der Waals surface area contributed by atoms with Gasteiger partial charge in [0, 0.05) is 55.0 Å². The maximum Gasteiger partial charge on any atom is 0.244 e. The maximum atomic E-state index is 15.0. The van der Waals surface area contributed by atoms with Crippen LogP contribution in [-0.2, 0) is 28.4 Å². The molecule has 2 aromatic rings. The van der Waals surface area contributed by atoms with Crippen LogP contribution in [-0.4, -0.2) is 51.0 Å². The summed E-state index contributed by atoms with van der Waals surface area (Å²) in [5, 5.41) is 28.1. The van der Waals surface area contributed by atoms with E-state index in [0.717, 1.165) is 25.2 Å². The summed E-state index contributed by atoms with van der Waals surface area (Å²) in [5.41, 5.74) is 1.51. The molecule has 0 aromatic heterocycles. The van der Waals surface area contributed by atoms with Crippen molar-refractivity contribution in [3.8, 4) is 0 Å². The van der Waals surface area contributed by atoms with Gasteiger partial charge in [-0.25, -0.2) is 9.29 Å². The predicted octanol–water partition coefficient (Wildman–Crippen LogP) is 3.19. The molecule has 38 heavy (non-hydrogen) atoms. The molecule has 2 amide bonds. The molecule has 5 rings (SSSR count). The summed E-state index contributed by atoms with van der Waals surface area (Å²) in [6.07, 6.45) is -0.963. The van der Waals surface area contributed by atoms with Gasteiger partial charge in [0.1, 0.15) is 17.8 Å². The second-order valence-corrected chi connectivity index (χ2v) is 12.1. The number of anilines is 1. The second-order valence-electron chi connectivity index (χ2n) is 12.1. The highest BCUT2D eigenvalue weighted by Crippen LogP contribution is 2.48. The minimum absolute atomic E-state index is 0.126. The average molecular weight is 525 g/mol. The van der Waals surface area contributed by atoms with E-state index in [9.17, 15) is 19.8 Å². The quantitative estimate of drug-likeness (QED) is 0.430. The van der Waals surface area contributed by atoms with Gasteiger partial charge in [-0.15, -0.1) is 0 Å². The molecule has 9 heteroatoms. The van der Waals surface area contributed by atoms with Crippen LogP contribution >= 0.6 is 0 Å². The van der Waals surface area contributed by atoms with Crippen molar-refractivity contribution in [1.29, 1.82) is 0 Å². The Morgan fingerprint density at radius 3 is 2.58 bits per heavy atom. The molecule has 0 saturated carbocycles. The van der Waals surface area contributed by atoms with Crippen LogP contribution in [0.4, 0.5) is 10.1 Å². The summed E-state index contributed by atoms with van der Waals surface area (Å²) in [6.45, 7) is 11.2. The van der Waals surface area contributed by atoms with E-state index < -0.39 is 23.9 Å². The maximum absolute atomic E-state index is 15.0. The number of carbonyl (C=O) groups is 2. The number of aliphatic hydroxyl groups excluding tert-OH is 1. The lowest BCUT2D eigenvalue weighted by molar-refractivity contribution is -0.186. The zero-order valence-corrected chi connectivity index (χ0v) is 22.4. The van der Waals surface area contributed by atoms with Gasteiger partial charge in [-0.05, 0) is 42.4 Å². The number of amides is 2. The molecular formula is C29H37FN4O4. The Bertz CT molecular complexity index is 1250. The summed E-state index contributed by atoms with van der Waals surface area (Å²) in [6, 6.07) is 9.65. The molecule has 2 saturated heterocycles. The van der Waals surface area contributed by atoms with Gasteiger partial charge < -0.3 is 15.5 Å². The van der Waals surface area contributed by atoms with Crippen LogP contribution in [0.15, 0.2) is 36.4 Å². The van der Waals surface area contributed by atoms with Gasteiger partial charge in [-0.2, -0.15) is 0 Å². The number of fused-ring (bicyclic) bond motifs is 1. The van der Waals surface area contributed by atoms with Gasteiger partial charge >= 0.3 is 0 Å². The molecule has 3 atom stereocenters. The minimum atomic E-state index is -1.63. The van der Waals surface area contributed by atoms with Gasteiger partial charge in [0.2, 0.25) is 11.8 Å². The van der Waals surface area contributed by atoms with Gasteiger partial charge in [0.15, 0.2) is 0 Å². The predicted molar refractivity (Wildman–Crippen MR) is 141 cm³/mol. The molecule has 204 valence electrons. The Morgan fingerprint density at radius 1 is 1.18 bits per heavy atom. The first-order valence-corrected chi connectivity index (χ1v) is 13.3. The number of rotatable bonds is 6. The average Bonchev–Trinajstić information content (AvgIpc) is 3.00. The van der Waals surface area contributed by atoms with Crippen molar-refractivity contribution < 1.29 is 24.2 Å². The Hall–Kier alpha value is -2.85. The Balaban J connectivity index is 1.28. The lowest BCUT2D eigenvalue weighted by atomic mass is 9.76. The van der Waals surface area contributed by atoms with Crippen molar-refractivity contribution in [3.63, 3.8) is 0 Å². The fraction of sp³-hybridized carbons (Fsp3) is 0.517. The van der Waals surface area contributed by atoms with E-state index >= 15 is 4.39 Å². The first-order chi connectivity index (χ1) is 17.9. The lowest BCUT2D eigenvalue weighted by Gasteiger charge is -2.46.